The first-order chi connectivity index (χ1) is 9.75. The largest absolute Gasteiger partial charge is 0.383 e. The Morgan fingerprint density at radius 1 is 1.48 bits per heavy atom. The first-order valence-electron chi connectivity index (χ1n) is 6.35. The number of methoxy groups -OCH3 is 1. The zero-order valence-corrected chi connectivity index (χ0v) is 14.1. The molecule has 21 heavy (non-hydrogen) atoms. The fraction of sp³-hybridized carbons (Fsp3) is 0.538. The van der Waals surface area contributed by atoms with Crippen LogP contribution in [0.15, 0.2) is 17.0 Å². The molecule has 8 heteroatoms. The minimum absolute atomic E-state index is 0.174. The first-order valence-corrected chi connectivity index (χ1v) is 8.17. The van der Waals surface area contributed by atoms with E-state index in [1.807, 2.05) is 0 Å². The molecule has 1 aromatic rings. The summed E-state index contributed by atoms with van der Waals surface area (Å²) in [6, 6.07) is 2.11. The van der Waals surface area contributed by atoms with Gasteiger partial charge < -0.3 is 10.1 Å². The van der Waals surface area contributed by atoms with Gasteiger partial charge in [0.05, 0.1) is 6.61 Å². The molecule has 0 aromatic heterocycles. The van der Waals surface area contributed by atoms with Crippen molar-refractivity contribution in [3.05, 3.63) is 28.5 Å². The topological polar surface area (TPSA) is 58.6 Å². The van der Waals surface area contributed by atoms with E-state index in [0.717, 1.165) is 10.4 Å². The van der Waals surface area contributed by atoms with E-state index >= 15 is 0 Å². The van der Waals surface area contributed by atoms with Gasteiger partial charge >= 0.3 is 0 Å². The van der Waals surface area contributed by atoms with Crippen LogP contribution in [0.5, 0.6) is 0 Å². The smallest absolute Gasteiger partial charge is 0.246 e. The number of nitrogens with zero attached hydrogens (tertiary/aromatic N) is 1. The zero-order valence-electron chi connectivity index (χ0n) is 12.5. The second-order valence-electron chi connectivity index (χ2n) is 4.73. The van der Waals surface area contributed by atoms with Gasteiger partial charge in [-0.25, -0.2) is 12.8 Å². The molecule has 120 valence electrons. The fourth-order valence-corrected chi connectivity index (χ4v) is 3.65. The molecule has 0 fully saturated rings. The highest BCUT2D eigenvalue weighted by Crippen LogP contribution is 2.26. The molecule has 1 N–H and O–H groups in total. The van der Waals surface area contributed by atoms with Gasteiger partial charge in [0.1, 0.15) is 10.7 Å². The van der Waals surface area contributed by atoms with Crippen molar-refractivity contribution < 1.29 is 17.5 Å². The summed E-state index contributed by atoms with van der Waals surface area (Å²) in [4.78, 5) is -0.425. The number of halogens is 2. The Morgan fingerprint density at radius 2 is 2.10 bits per heavy atom. The van der Waals surface area contributed by atoms with Crippen molar-refractivity contribution in [2.75, 3.05) is 27.8 Å². The minimum atomic E-state index is -3.99. The number of ether oxygens (including phenoxy) is 1. The molecule has 0 saturated carbocycles. The summed E-state index contributed by atoms with van der Waals surface area (Å²) in [7, 11) is 0.512. The van der Waals surface area contributed by atoms with Crippen molar-refractivity contribution in [2.45, 2.75) is 24.4 Å². The van der Waals surface area contributed by atoms with Gasteiger partial charge in [-0.2, -0.15) is 4.31 Å². The van der Waals surface area contributed by atoms with Gasteiger partial charge in [0.15, 0.2) is 0 Å². The Bertz CT molecular complexity index is 595. The Labute approximate surface area is 130 Å². The van der Waals surface area contributed by atoms with Gasteiger partial charge in [-0.05, 0) is 26.1 Å². The molecule has 1 unspecified atom stereocenters. The third-order valence-corrected chi connectivity index (χ3v) is 5.32. The van der Waals surface area contributed by atoms with E-state index < -0.39 is 26.8 Å². The van der Waals surface area contributed by atoms with Gasteiger partial charge in [-0.1, -0.05) is 11.6 Å². The average molecular weight is 339 g/mol. The van der Waals surface area contributed by atoms with Crippen molar-refractivity contribution in [2.24, 2.45) is 0 Å². The lowest BCUT2D eigenvalue weighted by Gasteiger charge is -2.24. The van der Waals surface area contributed by atoms with Crippen LogP contribution in [-0.4, -0.2) is 46.6 Å². The Kier molecular flexibility index (Phi) is 6.55. The molecule has 0 aliphatic heterocycles. The van der Waals surface area contributed by atoms with Crippen molar-refractivity contribution >= 4 is 21.6 Å². The zero-order chi connectivity index (χ0) is 16.2. The van der Waals surface area contributed by atoms with E-state index in [-0.39, 0.29) is 23.7 Å². The molecule has 0 saturated heterocycles. The van der Waals surface area contributed by atoms with Gasteiger partial charge in [-0.3, -0.25) is 0 Å². The Hall–Kier alpha value is -0.730. The summed E-state index contributed by atoms with van der Waals surface area (Å²) < 4.78 is 45.5. The highest BCUT2D eigenvalue weighted by molar-refractivity contribution is 7.89. The molecule has 0 spiro atoms. The standard InChI is InChI=1S/C13H20ClFN2O3S/c1-9(8-20-4)17(3)21(18,19)12-6-11(14)5-10(7-16-2)13(12)15/h5-6,9,16H,7-8H2,1-4H3. The lowest BCUT2D eigenvalue weighted by Crippen LogP contribution is -2.38. The number of likely N-dealkylation sites (N-methyl/N-ethyl adjacent to an activating group) is 1. The number of hydrogen-bond donors (Lipinski definition) is 1. The summed E-state index contributed by atoms with van der Waals surface area (Å²) in [6.07, 6.45) is 0. The summed E-state index contributed by atoms with van der Waals surface area (Å²) in [6.45, 7) is 2.07. The molecule has 0 bridgehead atoms. The summed E-state index contributed by atoms with van der Waals surface area (Å²) >= 11 is 5.91. The van der Waals surface area contributed by atoms with E-state index in [1.165, 1.54) is 20.2 Å². The molecule has 1 aromatic carbocycles. The van der Waals surface area contributed by atoms with Crippen LogP contribution < -0.4 is 5.32 Å². The molecule has 0 radical (unpaired) electrons. The number of nitrogens with one attached hydrogen (secondary N) is 1. The molecule has 0 aliphatic carbocycles. The van der Waals surface area contributed by atoms with Crippen LogP contribution >= 0.6 is 11.6 Å². The summed E-state index contributed by atoms with van der Waals surface area (Å²) in [5, 5.41) is 2.95. The predicted molar refractivity (Wildman–Crippen MR) is 80.5 cm³/mol. The van der Waals surface area contributed by atoms with E-state index in [2.05, 4.69) is 5.32 Å². The van der Waals surface area contributed by atoms with Crippen LogP contribution in [0.4, 0.5) is 4.39 Å². The number of rotatable bonds is 7. The SMILES string of the molecule is CNCc1cc(Cl)cc(S(=O)(=O)N(C)C(C)COC)c1F. The fourth-order valence-electron chi connectivity index (χ4n) is 1.86. The quantitative estimate of drug-likeness (QED) is 0.824. The second kappa shape index (κ2) is 7.51. The third kappa shape index (κ3) is 4.14. The van der Waals surface area contributed by atoms with Crippen molar-refractivity contribution in [3.63, 3.8) is 0 Å². The first kappa shape index (κ1) is 18.3. The maximum absolute atomic E-state index is 14.4. The van der Waals surface area contributed by atoms with Crippen molar-refractivity contribution in [1.29, 1.82) is 0 Å². The van der Waals surface area contributed by atoms with Crippen molar-refractivity contribution in [1.82, 2.24) is 9.62 Å². The second-order valence-corrected chi connectivity index (χ2v) is 7.14. The normalized spacial score (nSPS) is 13.7. The van der Waals surface area contributed by atoms with Crippen LogP contribution in [0, 0.1) is 5.82 Å². The van der Waals surface area contributed by atoms with Gasteiger partial charge in [-0.15, -0.1) is 0 Å². The van der Waals surface area contributed by atoms with Gasteiger partial charge in [0.2, 0.25) is 10.0 Å². The van der Waals surface area contributed by atoms with Gasteiger partial charge in [0, 0.05) is 37.3 Å². The highest BCUT2D eigenvalue weighted by Gasteiger charge is 2.29. The number of benzene rings is 1. The molecule has 1 rings (SSSR count). The van der Waals surface area contributed by atoms with Crippen LogP contribution in [0.1, 0.15) is 12.5 Å². The lowest BCUT2D eigenvalue weighted by molar-refractivity contribution is 0.149. The number of sulfonamides is 1. The minimum Gasteiger partial charge on any atom is -0.383 e. The summed E-state index contributed by atoms with van der Waals surface area (Å²) in [5.74, 6) is -0.787. The molecular formula is C13H20ClFN2O3S. The molecule has 0 amide bonds. The maximum atomic E-state index is 14.4. The van der Waals surface area contributed by atoms with E-state index in [4.69, 9.17) is 16.3 Å². The number of hydrogen-bond acceptors (Lipinski definition) is 4. The molecule has 0 heterocycles. The highest BCUT2D eigenvalue weighted by atomic mass is 35.5. The van der Waals surface area contributed by atoms with E-state index in [1.54, 1.807) is 14.0 Å². The molecular weight excluding hydrogens is 319 g/mol. The average Bonchev–Trinajstić information content (AvgIpc) is 2.41. The van der Waals surface area contributed by atoms with Crippen LogP contribution in [-0.2, 0) is 21.3 Å². The summed E-state index contributed by atoms with van der Waals surface area (Å²) in [5.41, 5.74) is 0.205. The van der Waals surface area contributed by atoms with Crippen LogP contribution in [0.2, 0.25) is 5.02 Å². The molecule has 0 aliphatic rings. The monoisotopic (exact) mass is 338 g/mol. The van der Waals surface area contributed by atoms with Gasteiger partial charge in [0.25, 0.3) is 0 Å². The van der Waals surface area contributed by atoms with E-state index in [9.17, 15) is 12.8 Å². The predicted octanol–water partition coefficient (Wildman–Crippen LogP) is 1.85. The third-order valence-electron chi connectivity index (χ3n) is 3.13. The maximum Gasteiger partial charge on any atom is 0.246 e. The van der Waals surface area contributed by atoms with E-state index in [0.29, 0.717) is 0 Å². The van der Waals surface area contributed by atoms with Crippen molar-refractivity contribution in [3.8, 4) is 0 Å². The molecule has 1 atom stereocenters. The van der Waals surface area contributed by atoms with Crippen LogP contribution in [0.25, 0.3) is 0 Å². The Morgan fingerprint density at radius 3 is 2.62 bits per heavy atom. The molecule has 5 nitrogen and oxygen atoms in total. The Balaban J connectivity index is 3.31. The lowest BCUT2D eigenvalue weighted by atomic mass is 10.2. The van der Waals surface area contributed by atoms with Crippen LogP contribution in [0.3, 0.4) is 0 Å².